The van der Waals surface area contributed by atoms with Crippen molar-refractivity contribution in [2.24, 2.45) is 23.7 Å². The molecule has 0 radical (unpaired) electrons. The van der Waals surface area contributed by atoms with Crippen molar-refractivity contribution in [3.8, 4) is 11.8 Å². The Kier molecular flexibility index (Phi) is 15.6. The SMILES string of the molecule is CC[C@H]1OC(=O)[C@H](C)C(=O)[C@H](C)[C@@H](O[C@@H]2O[C@H](C)C[C@H](N(C)C)[C@H]2O)[C@](C)(OC)C[C@@H](C)C(=O)[C@H](C)[C@H]2N(CCCCC#Cc3ccc4c(c3)c(=O)c(C(=O)O)cn4C3CC3)C(=O)O[C@]12C. The maximum absolute atomic E-state index is 14.8. The van der Waals surface area contributed by atoms with E-state index in [0.29, 0.717) is 42.1 Å². The molecule has 16 heteroatoms. The van der Waals surface area contributed by atoms with E-state index in [1.54, 1.807) is 58.6 Å². The number of carbonyl (C=O) groups is 5. The Balaban J connectivity index is 1.24. The van der Waals surface area contributed by atoms with Gasteiger partial charge in [0.05, 0.1) is 29.4 Å². The third-order valence-electron chi connectivity index (χ3n) is 14.5. The molecule has 16 nitrogen and oxygen atoms in total. The highest BCUT2D eigenvalue weighted by molar-refractivity contribution is 6.00. The van der Waals surface area contributed by atoms with Gasteiger partial charge in [-0.15, -0.1) is 0 Å². The summed E-state index contributed by atoms with van der Waals surface area (Å²) in [7, 11) is 5.19. The predicted octanol–water partition coefficient (Wildman–Crippen LogP) is 5.76. The van der Waals surface area contributed by atoms with Crippen molar-refractivity contribution in [3.05, 3.63) is 45.7 Å². The second kappa shape index (κ2) is 20.3. The number of unbranched alkanes of at least 4 members (excludes halogenated alkanes) is 2. The molecule has 1 aliphatic carbocycles. The van der Waals surface area contributed by atoms with Crippen LogP contribution >= 0.6 is 0 Å². The number of ketones is 2. The first-order valence-corrected chi connectivity index (χ1v) is 23.5. The number of Topliss-reactive ketones (excluding diaryl/α,β-unsaturated/α-hetero) is 2. The molecule has 3 aliphatic heterocycles. The molecule has 13 atom stereocenters. The van der Waals surface area contributed by atoms with Gasteiger partial charge in [-0.2, -0.15) is 0 Å². The Labute approximate surface area is 387 Å². The number of amides is 1. The molecule has 1 aromatic heterocycles. The number of likely N-dealkylation sites (N-methyl/N-ethyl adjacent to an activating group) is 1. The second-order valence-electron chi connectivity index (χ2n) is 19.7. The molecular weight excluding hydrogens is 851 g/mol. The van der Waals surface area contributed by atoms with Gasteiger partial charge >= 0.3 is 18.0 Å². The summed E-state index contributed by atoms with van der Waals surface area (Å²) in [4.78, 5) is 85.5. The number of carboxylic acid groups (broad SMARTS) is 1. The lowest BCUT2D eigenvalue weighted by molar-refractivity contribution is -0.295. The third-order valence-corrected chi connectivity index (χ3v) is 14.5. The molecular formula is C50H69N3O13. The molecule has 0 bridgehead atoms. The number of carboxylic acids is 1. The van der Waals surface area contributed by atoms with Gasteiger partial charge in [0.15, 0.2) is 17.7 Å². The van der Waals surface area contributed by atoms with Gasteiger partial charge in [0.2, 0.25) is 5.43 Å². The molecule has 1 amide bonds. The molecule has 1 aromatic carbocycles. The number of aromatic carboxylic acids is 1. The number of esters is 1. The Morgan fingerprint density at radius 3 is 2.32 bits per heavy atom. The average Bonchev–Trinajstić information content (AvgIpc) is 4.09. The molecule has 362 valence electrons. The minimum absolute atomic E-state index is 0.0892. The van der Waals surface area contributed by atoms with E-state index in [1.807, 2.05) is 36.6 Å². The van der Waals surface area contributed by atoms with Crippen molar-refractivity contribution in [3.63, 3.8) is 0 Å². The van der Waals surface area contributed by atoms with Crippen LogP contribution in [0.1, 0.15) is 129 Å². The van der Waals surface area contributed by atoms with E-state index in [-0.39, 0.29) is 48.9 Å². The molecule has 66 heavy (non-hydrogen) atoms. The van der Waals surface area contributed by atoms with Crippen molar-refractivity contribution in [1.82, 2.24) is 14.4 Å². The van der Waals surface area contributed by atoms with Crippen molar-refractivity contribution in [1.29, 1.82) is 0 Å². The summed E-state index contributed by atoms with van der Waals surface area (Å²) in [5.41, 5.74) is -2.35. The zero-order valence-corrected chi connectivity index (χ0v) is 40.3. The van der Waals surface area contributed by atoms with Crippen LogP contribution in [0.2, 0.25) is 0 Å². The third kappa shape index (κ3) is 10.1. The Bertz CT molecular complexity index is 2300. The van der Waals surface area contributed by atoms with E-state index in [2.05, 4.69) is 11.8 Å². The lowest BCUT2D eigenvalue weighted by Gasteiger charge is -2.47. The quantitative estimate of drug-likeness (QED) is 0.119. The van der Waals surface area contributed by atoms with Gasteiger partial charge in [-0.3, -0.25) is 19.2 Å². The molecule has 0 spiro atoms. The number of ether oxygens (including phenoxy) is 5. The van der Waals surface area contributed by atoms with Crippen molar-refractivity contribution in [2.75, 3.05) is 27.7 Å². The number of hydrogen-bond donors (Lipinski definition) is 2. The fourth-order valence-corrected chi connectivity index (χ4v) is 10.6. The van der Waals surface area contributed by atoms with Crippen molar-refractivity contribution in [2.45, 2.75) is 167 Å². The van der Waals surface area contributed by atoms with Crippen LogP contribution in [0, 0.1) is 35.5 Å². The lowest BCUT2D eigenvalue weighted by Crippen LogP contribution is -2.60. The highest BCUT2D eigenvalue weighted by atomic mass is 16.7. The smallest absolute Gasteiger partial charge is 0.410 e. The lowest BCUT2D eigenvalue weighted by atomic mass is 9.73. The molecule has 4 fully saturated rings. The molecule has 6 rings (SSSR count). The van der Waals surface area contributed by atoms with E-state index in [1.165, 1.54) is 20.2 Å². The number of aromatic nitrogens is 1. The number of fused-ring (bicyclic) bond motifs is 2. The molecule has 2 N–H and O–H groups in total. The number of rotatable bonds is 11. The minimum Gasteiger partial charge on any atom is -0.477 e. The second-order valence-corrected chi connectivity index (χ2v) is 19.7. The normalized spacial score (nSPS) is 34.6. The predicted molar refractivity (Wildman–Crippen MR) is 244 cm³/mol. The summed E-state index contributed by atoms with van der Waals surface area (Å²) in [5.74, 6) is -0.278. The van der Waals surface area contributed by atoms with Crippen LogP contribution in [0.25, 0.3) is 10.9 Å². The monoisotopic (exact) mass is 919 g/mol. The first-order chi connectivity index (χ1) is 31.1. The van der Waals surface area contributed by atoms with Crippen LogP contribution in [0.15, 0.2) is 29.2 Å². The summed E-state index contributed by atoms with van der Waals surface area (Å²) < 4.78 is 33.1. The Morgan fingerprint density at radius 2 is 1.70 bits per heavy atom. The van der Waals surface area contributed by atoms with E-state index in [4.69, 9.17) is 23.7 Å². The number of cyclic esters (lactones) is 1. The van der Waals surface area contributed by atoms with E-state index in [9.17, 15) is 39.0 Å². The van der Waals surface area contributed by atoms with E-state index >= 15 is 0 Å². The number of nitrogens with zero attached hydrogens (tertiary/aromatic N) is 3. The van der Waals surface area contributed by atoms with Crippen LogP contribution in [0.3, 0.4) is 0 Å². The number of pyridine rings is 1. The number of hydrogen-bond acceptors (Lipinski definition) is 13. The summed E-state index contributed by atoms with van der Waals surface area (Å²) >= 11 is 0. The van der Waals surface area contributed by atoms with Crippen LogP contribution in [0.5, 0.6) is 0 Å². The van der Waals surface area contributed by atoms with Crippen LogP contribution in [-0.2, 0) is 38.1 Å². The summed E-state index contributed by atoms with van der Waals surface area (Å²) in [6, 6.07) is 4.25. The Morgan fingerprint density at radius 1 is 1.00 bits per heavy atom. The number of carbonyl (C=O) groups excluding carboxylic acids is 4. The fraction of sp³-hybridized carbons (Fsp3) is 0.680. The Hall–Kier alpha value is -4.66. The standard InChI is InChI=1S/C50H69N3O13/c1-12-38-50(8)43(52(48(61)66-50)22-16-14-13-15-17-32-18-21-36-34(24-32)41(56)35(45(58)59)26-53(36)33-19-20-33)29(4)39(54)27(2)25-49(7,62-11)44(30(5)40(55)31(6)46(60)64-38)65-47-42(57)37(51(9)10)23-28(3)63-47/h18,21,24,26-31,33,37-38,42-44,47,57H,12-14,16,19-20,22-23,25H2,1-11H3,(H,58,59)/t27-,28-,29+,30+,31-,37+,38-,42-,43-,44-,47+,49-,50-/m1/s1. The molecule has 4 aliphatic rings. The summed E-state index contributed by atoms with van der Waals surface area (Å²) in [6.45, 7) is 14.0. The van der Waals surface area contributed by atoms with Crippen molar-refractivity contribution >= 4 is 40.5 Å². The first kappa shape index (κ1) is 50.7. The van der Waals surface area contributed by atoms with Gasteiger partial charge in [0.25, 0.3) is 0 Å². The molecule has 0 unspecified atom stereocenters. The summed E-state index contributed by atoms with van der Waals surface area (Å²) in [6.07, 6.45) is 0.356. The van der Waals surface area contributed by atoms with Crippen molar-refractivity contribution < 1.29 is 57.9 Å². The fourth-order valence-electron chi connectivity index (χ4n) is 10.6. The maximum atomic E-state index is 14.8. The van der Waals surface area contributed by atoms with Gasteiger partial charge in [0, 0.05) is 67.1 Å². The van der Waals surface area contributed by atoms with Gasteiger partial charge < -0.3 is 48.3 Å². The van der Waals surface area contributed by atoms with E-state index < -0.39 is 94.8 Å². The summed E-state index contributed by atoms with van der Waals surface area (Å²) in [5, 5.41) is 21.5. The molecule has 2 aromatic rings. The number of methoxy groups -OCH3 is 1. The zero-order valence-electron chi connectivity index (χ0n) is 40.3. The minimum atomic E-state index is -1.46. The molecule has 3 saturated heterocycles. The van der Waals surface area contributed by atoms with Crippen LogP contribution in [0.4, 0.5) is 4.79 Å². The topological polar surface area (TPSA) is 200 Å². The van der Waals surface area contributed by atoms with Gasteiger partial charge in [-0.1, -0.05) is 39.5 Å². The number of aliphatic hydroxyl groups is 1. The number of benzene rings is 1. The highest BCUT2D eigenvalue weighted by Crippen LogP contribution is 2.43. The maximum Gasteiger partial charge on any atom is 0.410 e. The molecule has 4 heterocycles. The van der Waals surface area contributed by atoms with Gasteiger partial charge in [-0.25, -0.2) is 9.59 Å². The van der Waals surface area contributed by atoms with Crippen LogP contribution in [-0.4, -0.2) is 136 Å². The number of aliphatic hydroxyl groups excluding tert-OH is 1. The zero-order chi connectivity index (χ0) is 48.6. The van der Waals surface area contributed by atoms with Crippen LogP contribution < -0.4 is 5.43 Å². The highest BCUT2D eigenvalue weighted by Gasteiger charge is 2.60. The van der Waals surface area contributed by atoms with Gasteiger partial charge in [-0.05, 0) is 105 Å². The first-order valence-electron chi connectivity index (χ1n) is 23.5. The van der Waals surface area contributed by atoms with Gasteiger partial charge in [0.1, 0.15) is 29.5 Å². The van der Waals surface area contributed by atoms with E-state index in [0.717, 1.165) is 12.8 Å². The largest absolute Gasteiger partial charge is 0.477 e. The average molecular weight is 920 g/mol. The molecule has 1 saturated carbocycles.